The molecule has 1 N–H and O–H groups in total. The second-order valence-electron chi connectivity index (χ2n) is 4.87. The summed E-state index contributed by atoms with van der Waals surface area (Å²) in [4.78, 5) is 4.33. The van der Waals surface area contributed by atoms with E-state index in [2.05, 4.69) is 16.4 Å². The summed E-state index contributed by atoms with van der Waals surface area (Å²) in [5.41, 5.74) is 2.80. The topological polar surface area (TPSA) is 48.7 Å². The number of hydrogen-bond donors (Lipinski definition) is 1. The Bertz CT molecular complexity index is 674. The zero-order valence-corrected chi connectivity index (χ0v) is 11.7. The van der Waals surface area contributed by atoms with Crippen molar-refractivity contribution in [3.63, 3.8) is 0 Å². The van der Waals surface area contributed by atoms with E-state index in [4.69, 9.17) is 5.26 Å². The van der Waals surface area contributed by atoms with Crippen molar-refractivity contribution in [1.82, 2.24) is 4.98 Å². The lowest BCUT2D eigenvalue weighted by Gasteiger charge is -2.16. The molecule has 1 unspecified atom stereocenters. The van der Waals surface area contributed by atoms with Crippen molar-refractivity contribution >= 4 is 5.82 Å². The van der Waals surface area contributed by atoms with Crippen molar-refractivity contribution in [2.75, 3.05) is 5.32 Å². The average molecular weight is 269 g/mol. The third kappa shape index (κ3) is 3.12. The highest BCUT2D eigenvalue weighted by Crippen LogP contribution is 2.21. The van der Waals surface area contributed by atoms with Gasteiger partial charge in [-0.05, 0) is 50.1 Å². The molecule has 3 nitrogen and oxygen atoms in total. The normalized spacial score (nSPS) is 11.8. The molecule has 4 heteroatoms. The van der Waals surface area contributed by atoms with Crippen LogP contribution < -0.4 is 5.32 Å². The first-order chi connectivity index (χ1) is 9.49. The van der Waals surface area contributed by atoms with Crippen molar-refractivity contribution in [3.8, 4) is 6.07 Å². The SMILES string of the molecule is Cc1cc(C#N)cc(NC(C)c2ccc(C)c(F)c2)n1. The van der Waals surface area contributed by atoms with Gasteiger partial charge in [0.05, 0.1) is 17.7 Å². The first kappa shape index (κ1) is 14.0. The van der Waals surface area contributed by atoms with Gasteiger partial charge in [0.1, 0.15) is 11.6 Å². The van der Waals surface area contributed by atoms with Gasteiger partial charge in [0.15, 0.2) is 0 Å². The molecule has 0 fully saturated rings. The molecule has 0 spiro atoms. The molecule has 20 heavy (non-hydrogen) atoms. The van der Waals surface area contributed by atoms with Gasteiger partial charge in [0.25, 0.3) is 0 Å². The van der Waals surface area contributed by atoms with Crippen LogP contribution in [0.1, 0.15) is 35.3 Å². The van der Waals surface area contributed by atoms with Crippen molar-refractivity contribution in [2.45, 2.75) is 26.8 Å². The second kappa shape index (κ2) is 5.70. The number of halogens is 1. The van der Waals surface area contributed by atoms with Gasteiger partial charge in [-0.15, -0.1) is 0 Å². The monoisotopic (exact) mass is 269 g/mol. The summed E-state index contributed by atoms with van der Waals surface area (Å²) in [6.07, 6.45) is 0. The number of rotatable bonds is 3. The van der Waals surface area contributed by atoms with Crippen LogP contribution in [0.5, 0.6) is 0 Å². The van der Waals surface area contributed by atoms with Crippen LogP contribution >= 0.6 is 0 Å². The molecule has 0 aliphatic rings. The fourth-order valence-corrected chi connectivity index (χ4v) is 1.99. The molecule has 0 amide bonds. The molecule has 0 radical (unpaired) electrons. The van der Waals surface area contributed by atoms with E-state index in [-0.39, 0.29) is 11.9 Å². The zero-order valence-electron chi connectivity index (χ0n) is 11.7. The third-order valence-electron chi connectivity index (χ3n) is 3.14. The van der Waals surface area contributed by atoms with Gasteiger partial charge in [0.2, 0.25) is 0 Å². The first-order valence-corrected chi connectivity index (χ1v) is 6.41. The lowest BCUT2D eigenvalue weighted by Crippen LogP contribution is -2.09. The van der Waals surface area contributed by atoms with Gasteiger partial charge in [-0.3, -0.25) is 0 Å². The highest BCUT2D eigenvalue weighted by atomic mass is 19.1. The largest absolute Gasteiger partial charge is 0.364 e. The van der Waals surface area contributed by atoms with Crippen molar-refractivity contribution in [1.29, 1.82) is 5.26 Å². The zero-order chi connectivity index (χ0) is 14.7. The highest BCUT2D eigenvalue weighted by Gasteiger charge is 2.09. The Morgan fingerprint density at radius 3 is 2.65 bits per heavy atom. The molecule has 1 atom stereocenters. The van der Waals surface area contributed by atoms with Crippen LogP contribution in [0, 0.1) is 31.0 Å². The van der Waals surface area contributed by atoms with E-state index < -0.39 is 0 Å². The summed E-state index contributed by atoms with van der Waals surface area (Å²) < 4.78 is 13.6. The maximum atomic E-state index is 13.6. The number of nitriles is 1. The maximum absolute atomic E-state index is 13.6. The van der Waals surface area contributed by atoms with E-state index in [9.17, 15) is 4.39 Å². The predicted molar refractivity (Wildman–Crippen MR) is 76.9 cm³/mol. The predicted octanol–water partition coefficient (Wildman–Crippen LogP) is 3.88. The molecule has 0 saturated heterocycles. The van der Waals surface area contributed by atoms with Crippen LogP contribution in [0.3, 0.4) is 0 Å². The van der Waals surface area contributed by atoms with E-state index in [1.54, 1.807) is 25.1 Å². The number of aromatic nitrogens is 1. The van der Waals surface area contributed by atoms with Crippen LogP contribution in [0.2, 0.25) is 0 Å². The summed E-state index contributed by atoms with van der Waals surface area (Å²) in [6.45, 7) is 5.50. The molecule has 102 valence electrons. The minimum Gasteiger partial charge on any atom is -0.364 e. The number of hydrogen-bond acceptors (Lipinski definition) is 3. The molecule has 0 aliphatic carbocycles. The number of anilines is 1. The standard InChI is InChI=1S/C16H16FN3/c1-10-4-5-14(8-15(10)17)12(3)20-16-7-13(9-18)6-11(2)19-16/h4-8,12H,1-3H3,(H,19,20). The lowest BCUT2D eigenvalue weighted by atomic mass is 10.1. The summed E-state index contributed by atoms with van der Waals surface area (Å²) >= 11 is 0. The summed E-state index contributed by atoms with van der Waals surface area (Å²) in [5, 5.41) is 12.1. The summed E-state index contributed by atoms with van der Waals surface area (Å²) in [5.74, 6) is 0.404. The molecule has 1 aromatic heterocycles. The van der Waals surface area contributed by atoms with Crippen LogP contribution in [-0.2, 0) is 0 Å². The fourth-order valence-electron chi connectivity index (χ4n) is 1.99. The quantitative estimate of drug-likeness (QED) is 0.919. The lowest BCUT2D eigenvalue weighted by molar-refractivity contribution is 0.614. The molecule has 0 saturated carbocycles. The van der Waals surface area contributed by atoms with Gasteiger partial charge < -0.3 is 5.32 Å². The highest BCUT2D eigenvalue weighted by molar-refractivity contribution is 5.46. The molecule has 2 aromatic rings. The number of benzene rings is 1. The smallest absolute Gasteiger partial charge is 0.127 e. The van der Waals surface area contributed by atoms with Crippen LogP contribution in [0.25, 0.3) is 0 Å². The molecule has 2 rings (SSSR count). The number of aryl methyl sites for hydroxylation is 2. The Morgan fingerprint density at radius 2 is 2.00 bits per heavy atom. The van der Waals surface area contributed by atoms with E-state index in [1.165, 1.54) is 6.07 Å². The fraction of sp³-hybridized carbons (Fsp3) is 0.250. The second-order valence-corrected chi connectivity index (χ2v) is 4.87. The van der Waals surface area contributed by atoms with E-state index >= 15 is 0 Å². The third-order valence-corrected chi connectivity index (χ3v) is 3.14. The molecule has 1 heterocycles. The Labute approximate surface area is 118 Å². The molecular formula is C16H16FN3. The Morgan fingerprint density at radius 1 is 1.25 bits per heavy atom. The van der Waals surface area contributed by atoms with Crippen LogP contribution in [0.15, 0.2) is 30.3 Å². The number of pyridine rings is 1. The summed E-state index contributed by atoms with van der Waals surface area (Å²) in [6, 6.07) is 10.6. The average Bonchev–Trinajstić information content (AvgIpc) is 2.41. The Balaban J connectivity index is 2.23. The molecule has 1 aromatic carbocycles. The van der Waals surface area contributed by atoms with Crippen LogP contribution in [-0.4, -0.2) is 4.98 Å². The van der Waals surface area contributed by atoms with Crippen molar-refractivity contribution < 1.29 is 4.39 Å². The van der Waals surface area contributed by atoms with Gasteiger partial charge >= 0.3 is 0 Å². The van der Waals surface area contributed by atoms with Crippen molar-refractivity contribution in [2.24, 2.45) is 0 Å². The Hall–Kier alpha value is -2.41. The summed E-state index contributed by atoms with van der Waals surface area (Å²) in [7, 11) is 0. The minimum atomic E-state index is -0.217. The number of nitrogens with zero attached hydrogens (tertiary/aromatic N) is 2. The van der Waals surface area contributed by atoms with E-state index in [0.29, 0.717) is 16.9 Å². The minimum absolute atomic E-state index is 0.0917. The van der Waals surface area contributed by atoms with Gasteiger partial charge in [-0.1, -0.05) is 12.1 Å². The van der Waals surface area contributed by atoms with Gasteiger partial charge in [0, 0.05) is 5.69 Å². The van der Waals surface area contributed by atoms with Gasteiger partial charge in [-0.2, -0.15) is 5.26 Å². The van der Waals surface area contributed by atoms with E-state index in [1.807, 2.05) is 19.9 Å². The Kier molecular flexibility index (Phi) is 3.99. The van der Waals surface area contributed by atoms with Crippen molar-refractivity contribution in [3.05, 3.63) is 58.5 Å². The first-order valence-electron chi connectivity index (χ1n) is 6.41. The maximum Gasteiger partial charge on any atom is 0.127 e. The molecule has 0 aliphatic heterocycles. The number of nitrogens with one attached hydrogen (secondary N) is 1. The molecular weight excluding hydrogens is 253 g/mol. The van der Waals surface area contributed by atoms with E-state index in [0.717, 1.165) is 11.3 Å². The van der Waals surface area contributed by atoms with Crippen LogP contribution in [0.4, 0.5) is 10.2 Å². The molecule has 0 bridgehead atoms. The van der Waals surface area contributed by atoms with Gasteiger partial charge in [-0.25, -0.2) is 9.37 Å².